The van der Waals surface area contributed by atoms with Crippen LogP contribution in [0.15, 0.2) is 42.5 Å². The van der Waals surface area contributed by atoms with Gasteiger partial charge in [0, 0.05) is 11.1 Å². The highest BCUT2D eigenvalue weighted by Gasteiger charge is 2.49. The molecule has 0 aliphatic heterocycles. The summed E-state index contributed by atoms with van der Waals surface area (Å²) in [6.45, 7) is 2.07. The predicted octanol–water partition coefficient (Wildman–Crippen LogP) is 3.72. The fraction of sp³-hybridized carbons (Fsp3) is 0.294. The minimum Gasteiger partial charge on any atom is -0.324 e. The number of nitriles is 1. The van der Waals surface area contributed by atoms with Crippen molar-refractivity contribution < 1.29 is 4.79 Å². The molecule has 1 aliphatic carbocycles. The second-order valence-corrected chi connectivity index (χ2v) is 5.69. The molecule has 1 N–H and O–H groups in total. The van der Waals surface area contributed by atoms with Crippen LogP contribution in [0, 0.1) is 22.7 Å². The normalized spacial score (nSPS) is 24.7. The van der Waals surface area contributed by atoms with Gasteiger partial charge >= 0.3 is 0 Å². The minimum atomic E-state index is -0.837. The lowest BCUT2D eigenvalue weighted by Crippen LogP contribution is -2.45. The van der Waals surface area contributed by atoms with Crippen LogP contribution in [-0.2, 0) is 4.79 Å². The number of carbonyl (C=O) groups is 1. The largest absolute Gasteiger partial charge is 0.324 e. The number of benzene rings is 2. The molecule has 0 unspecified atom stereocenters. The maximum atomic E-state index is 12.4. The zero-order valence-electron chi connectivity index (χ0n) is 11.4. The molecule has 2 aromatic carbocycles. The second-order valence-electron chi connectivity index (χ2n) is 5.69. The molecule has 0 atom stereocenters. The van der Waals surface area contributed by atoms with E-state index in [1.807, 2.05) is 42.5 Å². The molecule has 1 saturated carbocycles. The van der Waals surface area contributed by atoms with Gasteiger partial charge in [-0.05, 0) is 30.2 Å². The van der Waals surface area contributed by atoms with Crippen molar-refractivity contribution in [1.82, 2.24) is 0 Å². The maximum absolute atomic E-state index is 12.4. The highest BCUT2D eigenvalue weighted by molar-refractivity contribution is 6.05. The number of fused-ring (bicyclic) bond motifs is 1. The van der Waals surface area contributed by atoms with Crippen LogP contribution in [0.1, 0.15) is 19.8 Å². The smallest absolute Gasteiger partial charge is 0.244 e. The van der Waals surface area contributed by atoms with Gasteiger partial charge in [-0.1, -0.05) is 43.3 Å². The number of hydrogen-bond donors (Lipinski definition) is 1. The molecule has 1 aliphatic rings. The van der Waals surface area contributed by atoms with Crippen molar-refractivity contribution in [2.75, 3.05) is 5.32 Å². The van der Waals surface area contributed by atoms with E-state index in [1.54, 1.807) is 0 Å². The molecule has 0 saturated heterocycles. The van der Waals surface area contributed by atoms with E-state index in [-0.39, 0.29) is 5.91 Å². The van der Waals surface area contributed by atoms with Gasteiger partial charge in [0.2, 0.25) is 5.91 Å². The van der Waals surface area contributed by atoms with Gasteiger partial charge in [0.25, 0.3) is 0 Å². The third-order valence-electron chi connectivity index (χ3n) is 4.08. The summed E-state index contributed by atoms with van der Waals surface area (Å²) in [6.07, 6.45) is 1.31. The van der Waals surface area contributed by atoms with Crippen molar-refractivity contribution in [1.29, 1.82) is 5.26 Å². The lowest BCUT2D eigenvalue weighted by atomic mass is 9.63. The van der Waals surface area contributed by atoms with Crippen LogP contribution in [0.3, 0.4) is 0 Å². The summed E-state index contributed by atoms with van der Waals surface area (Å²) in [6, 6.07) is 15.9. The Bertz CT molecular complexity index is 703. The van der Waals surface area contributed by atoms with Gasteiger partial charge in [0.1, 0.15) is 5.41 Å². The molecule has 1 fully saturated rings. The molecule has 0 radical (unpaired) electrons. The highest BCUT2D eigenvalue weighted by Crippen LogP contribution is 2.45. The van der Waals surface area contributed by atoms with E-state index in [2.05, 4.69) is 18.3 Å². The summed E-state index contributed by atoms with van der Waals surface area (Å²) in [5.41, 5.74) is -0.0571. The lowest BCUT2D eigenvalue weighted by Gasteiger charge is -2.39. The molecule has 3 heteroatoms. The third kappa shape index (κ3) is 1.94. The van der Waals surface area contributed by atoms with Gasteiger partial charge in [-0.2, -0.15) is 5.26 Å². The maximum Gasteiger partial charge on any atom is 0.244 e. The van der Waals surface area contributed by atoms with E-state index in [0.29, 0.717) is 18.8 Å². The average molecular weight is 264 g/mol. The van der Waals surface area contributed by atoms with Crippen LogP contribution in [0.5, 0.6) is 0 Å². The van der Waals surface area contributed by atoms with E-state index in [4.69, 9.17) is 0 Å². The van der Waals surface area contributed by atoms with E-state index in [9.17, 15) is 10.1 Å². The van der Waals surface area contributed by atoms with Crippen molar-refractivity contribution in [2.45, 2.75) is 19.8 Å². The number of hydrogen-bond acceptors (Lipinski definition) is 2. The van der Waals surface area contributed by atoms with E-state index < -0.39 is 5.41 Å². The molecule has 20 heavy (non-hydrogen) atoms. The predicted molar refractivity (Wildman–Crippen MR) is 79.0 cm³/mol. The summed E-state index contributed by atoms with van der Waals surface area (Å²) < 4.78 is 0. The van der Waals surface area contributed by atoms with E-state index in [1.165, 1.54) is 0 Å². The van der Waals surface area contributed by atoms with Crippen molar-refractivity contribution in [3.63, 3.8) is 0 Å². The first kappa shape index (κ1) is 12.7. The molecular weight excluding hydrogens is 248 g/mol. The van der Waals surface area contributed by atoms with Gasteiger partial charge in [-0.25, -0.2) is 0 Å². The SMILES string of the molecule is CC1CC(C#N)(C(=O)Nc2cccc3ccccc23)C1. The summed E-state index contributed by atoms with van der Waals surface area (Å²) in [5, 5.41) is 14.3. The Balaban J connectivity index is 1.91. The van der Waals surface area contributed by atoms with Crippen molar-refractivity contribution >= 4 is 22.4 Å². The zero-order chi connectivity index (χ0) is 14.2. The van der Waals surface area contributed by atoms with Gasteiger partial charge in [-0.3, -0.25) is 4.79 Å². The van der Waals surface area contributed by atoms with Crippen LogP contribution >= 0.6 is 0 Å². The number of nitrogens with zero attached hydrogens (tertiary/aromatic N) is 1. The van der Waals surface area contributed by atoms with Crippen LogP contribution < -0.4 is 5.32 Å². The molecular formula is C17H16N2O. The molecule has 1 amide bonds. The number of carbonyl (C=O) groups excluding carboxylic acids is 1. The highest BCUT2D eigenvalue weighted by atomic mass is 16.2. The molecule has 0 bridgehead atoms. The van der Waals surface area contributed by atoms with E-state index >= 15 is 0 Å². The van der Waals surface area contributed by atoms with Crippen LogP contribution in [0.2, 0.25) is 0 Å². The van der Waals surface area contributed by atoms with Gasteiger partial charge < -0.3 is 5.32 Å². The third-order valence-corrected chi connectivity index (χ3v) is 4.08. The van der Waals surface area contributed by atoms with Crippen molar-refractivity contribution in [2.24, 2.45) is 11.3 Å². The van der Waals surface area contributed by atoms with Crippen LogP contribution in [-0.4, -0.2) is 5.91 Å². The number of amides is 1. The van der Waals surface area contributed by atoms with Gasteiger partial charge in [0.05, 0.1) is 6.07 Å². The second kappa shape index (κ2) is 4.64. The summed E-state index contributed by atoms with van der Waals surface area (Å²) in [5.74, 6) is 0.280. The first-order valence-electron chi connectivity index (χ1n) is 6.85. The number of rotatable bonds is 2. The fourth-order valence-corrected chi connectivity index (χ4v) is 3.03. The Labute approximate surface area is 118 Å². The molecule has 100 valence electrons. The quantitative estimate of drug-likeness (QED) is 0.898. The standard InChI is InChI=1S/C17H16N2O/c1-12-9-17(10-12,11-18)16(20)19-15-8-4-6-13-5-2-3-7-14(13)15/h2-8,12H,9-10H2,1H3,(H,19,20). The number of nitrogens with one attached hydrogen (secondary N) is 1. The van der Waals surface area contributed by atoms with Crippen molar-refractivity contribution in [3.05, 3.63) is 42.5 Å². The topological polar surface area (TPSA) is 52.9 Å². The van der Waals surface area contributed by atoms with Crippen molar-refractivity contribution in [3.8, 4) is 6.07 Å². The minimum absolute atomic E-state index is 0.172. The molecule has 3 nitrogen and oxygen atoms in total. The first-order chi connectivity index (χ1) is 9.64. The van der Waals surface area contributed by atoms with Gasteiger partial charge in [0.15, 0.2) is 0 Å². The Morgan fingerprint density at radius 1 is 1.25 bits per heavy atom. The average Bonchev–Trinajstić information content (AvgIpc) is 2.44. The molecule has 0 heterocycles. The Hall–Kier alpha value is -2.34. The Morgan fingerprint density at radius 2 is 1.95 bits per heavy atom. The molecule has 0 aromatic heterocycles. The Morgan fingerprint density at radius 3 is 2.65 bits per heavy atom. The summed E-state index contributed by atoms with van der Waals surface area (Å²) in [7, 11) is 0. The zero-order valence-corrected chi connectivity index (χ0v) is 11.4. The van der Waals surface area contributed by atoms with Crippen LogP contribution in [0.25, 0.3) is 10.8 Å². The molecule has 2 aromatic rings. The fourth-order valence-electron chi connectivity index (χ4n) is 3.03. The molecule has 0 spiro atoms. The monoisotopic (exact) mass is 264 g/mol. The lowest BCUT2D eigenvalue weighted by molar-refractivity contribution is -0.128. The first-order valence-corrected chi connectivity index (χ1v) is 6.85. The number of anilines is 1. The molecule has 3 rings (SSSR count). The van der Waals surface area contributed by atoms with Gasteiger partial charge in [-0.15, -0.1) is 0 Å². The summed E-state index contributed by atoms with van der Waals surface area (Å²) >= 11 is 0. The van der Waals surface area contributed by atoms with Crippen LogP contribution in [0.4, 0.5) is 5.69 Å². The van der Waals surface area contributed by atoms with E-state index in [0.717, 1.165) is 16.5 Å². The summed E-state index contributed by atoms with van der Waals surface area (Å²) in [4.78, 5) is 12.4. The Kier molecular flexibility index (Phi) is 2.94.